The quantitative estimate of drug-likeness (QED) is 0.170. The summed E-state index contributed by atoms with van der Waals surface area (Å²) in [6, 6.07) is 57.4. The Hall–Kier alpha value is -6.78. The highest BCUT2D eigenvalue weighted by atomic mass is 15.0. The molecule has 10 aromatic rings. The van der Waals surface area contributed by atoms with Crippen LogP contribution in [0.3, 0.4) is 0 Å². The van der Waals surface area contributed by atoms with Crippen LogP contribution in [0, 0.1) is 0 Å². The van der Waals surface area contributed by atoms with E-state index < -0.39 is 0 Å². The molecule has 10 rings (SSSR count). The van der Waals surface area contributed by atoms with Gasteiger partial charge in [-0.3, -0.25) is 9.97 Å². The van der Waals surface area contributed by atoms with Crippen LogP contribution >= 0.6 is 0 Å². The summed E-state index contributed by atoms with van der Waals surface area (Å²) in [5.41, 5.74) is 14.7. The van der Waals surface area contributed by atoms with Gasteiger partial charge in [0.2, 0.25) is 0 Å². The Kier molecular flexibility index (Phi) is 7.24. The summed E-state index contributed by atoms with van der Waals surface area (Å²) in [5, 5.41) is 4.81. The van der Waals surface area contributed by atoms with Gasteiger partial charge in [0.25, 0.3) is 0 Å². The smallest absolute Gasteiger partial charge is 0.0572 e. The lowest BCUT2D eigenvalue weighted by Gasteiger charge is -2.10. The maximum Gasteiger partial charge on any atom is 0.0572 e. The summed E-state index contributed by atoms with van der Waals surface area (Å²) in [5.74, 6) is 0. The minimum absolute atomic E-state index is 0.885. The Morgan fingerprint density at radius 2 is 0.673 bits per heavy atom. The van der Waals surface area contributed by atoms with Gasteiger partial charge in [-0.25, -0.2) is 0 Å². The summed E-state index contributed by atoms with van der Waals surface area (Å²) in [4.78, 5) is 8.71. The van der Waals surface area contributed by atoms with Crippen molar-refractivity contribution in [3.8, 4) is 22.5 Å². The fraction of sp³-hybridized carbons (Fsp3) is 0.0417. The van der Waals surface area contributed by atoms with Crippen molar-refractivity contribution in [2.24, 2.45) is 0 Å². The maximum absolute atomic E-state index is 4.36. The highest BCUT2D eigenvalue weighted by molar-refractivity contribution is 6.09. The first-order valence-corrected chi connectivity index (χ1v) is 17.8. The normalized spacial score (nSPS) is 11.6. The van der Waals surface area contributed by atoms with E-state index in [9.17, 15) is 0 Å². The van der Waals surface area contributed by atoms with Crippen LogP contribution in [-0.2, 0) is 12.8 Å². The summed E-state index contributed by atoms with van der Waals surface area (Å²) >= 11 is 0. The monoisotopic (exact) mass is 666 g/mol. The predicted molar refractivity (Wildman–Crippen MR) is 215 cm³/mol. The molecule has 0 spiro atoms. The molecule has 4 heteroatoms. The van der Waals surface area contributed by atoms with Crippen molar-refractivity contribution < 1.29 is 0 Å². The molecule has 4 nitrogen and oxygen atoms in total. The van der Waals surface area contributed by atoms with Crippen molar-refractivity contribution in [3.05, 3.63) is 205 Å². The molecule has 52 heavy (non-hydrogen) atoms. The van der Waals surface area contributed by atoms with Crippen LogP contribution in [0.1, 0.15) is 22.3 Å². The fourth-order valence-corrected chi connectivity index (χ4v) is 7.82. The molecule has 0 radical (unpaired) electrons. The van der Waals surface area contributed by atoms with E-state index in [0.29, 0.717) is 0 Å². The number of nitrogens with zero attached hydrogens (tertiary/aromatic N) is 4. The molecule has 0 saturated heterocycles. The molecule has 6 aromatic carbocycles. The zero-order valence-electron chi connectivity index (χ0n) is 28.5. The van der Waals surface area contributed by atoms with Crippen LogP contribution in [0.4, 0.5) is 0 Å². The molecule has 0 amide bonds. The minimum Gasteiger partial charge on any atom is -0.309 e. The SMILES string of the molecule is c1ccc2c(c1)c1ccccc1n2-c1ccc(Cc2ccc(-c3ccc(Cc4ccc(-n5c6ccncc6c6cnccc65)cc4)cc3)cc2)cc1. The highest BCUT2D eigenvalue weighted by Gasteiger charge is 2.13. The van der Waals surface area contributed by atoms with E-state index in [0.717, 1.165) is 40.3 Å². The van der Waals surface area contributed by atoms with Crippen LogP contribution in [0.25, 0.3) is 66.1 Å². The molecule has 4 aromatic heterocycles. The zero-order valence-corrected chi connectivity index (χ0v) is 28.5. The van der Waals surface area contributed by atoms with Crippen LogP contribution < -0.4 is 0 Å². The van der Waals surface area contributed by atoms with Crippen molar-refractivity contribution in [3.63, 3.8) is 0 Å². The number of pyridine rings is 2. The van der Waals surface area contributed by atoms with E-state index in [1.54, 1.807) is 0 Å². The molecular weight excluding hydrogens is 633 g/mol. The van der Waals surface area contributed by atoms with E-state index in [-0.39, 0.29) is 0 Å². The van der Waals surface area contributed by atoms with Crippen LogP contribution in [-0.4, -0.2) is 19.1 Å². The number of fused-ring (bicyclic) bond motifs is 6. The molecule has 0 aliphatic rings. The van der Waals surface area contributed by atoms with Gasteiger partial charge in [0, 0.05) is 57.7 Å². The van der Waals surface area contributed by atoms with E-state index >= 15 is 0 Å². The standard InChI is InChI=1S/C48H34N4/c1-3-7-45-41(5-1)42-6-2-4-8-46(42)51(45)39-21-13-35(14-22-39)29-33-9-17-37(18-10-33)38-19-11-34(12-20-38)30-36-15-23-40(24-16-36)52-47-25-27-49-31-43(47)44-32-50-28-26-48(44)52/h1-28,31-32H,29-30H2. The number of rotatable bonds is 7. The van der Waals surface area contributed by atoms with Gasteiger partial charge in [0.1, 0.15) is 0 Å². The largest absolute Gasteiger partial charge is 0.309 e. The van der Waals surface area contributed by atoms with Crippen molar-refractivity contribution in [2.75, 3.05) is 0 Å². The number of aromatic nitrogens is 4. The van der Waals surface area contributed by atoms with Crippen LogP contribution in [0.2, 0.25) is 0 Å². The summed E-state index contributed by atoms with van der Waals surface area (Å²) in [7, 11) is 0. The molecule has 0 fully saturated rings. The maximum atomic E-state index is 4.36. The first-order valence-electron chi connectivity index (χ1n) is 17.8. The first kappa shape index (κ1) is 30.1. The van der Waals surface area contributed by atoms with Gasteiger partial charge in [0.05, 0.1) is 22.1 Å². The molecule has 0 saturated carbocycles. The summed E-state index contributed by atoms with van der Waals surface area (Å²) in [6.45, 7) is 0. The average Bonchev–Trinajstić information content (AvgIpc) is 3.73. The first-order chi connectivity index (χ1) is 25.8. The third-order valence-corrected chi connectivity index (χ3v) is 10.4. The van der Waals surface area contributed by atoms with Crippen molar-refractivity contribution in [2.45, 2.75) is 12.8 Å². The molecule has 0 unspecified atom stereocenters. The Balaban J connectivity index is 0.822. The third kappa shape index (κ3) is 5.24. The molecule has 0 atom stereocenters. The Bertz CT molecular complexity index is 2550. The second kappa shape index (κ2) is 12.5. The van der Waals surface area contributed by atoms with E-state index in [1.807, 2.05) is 24.8 Å². The number of para-hydroxylation sites is 2. The number of hydrogen-bond donors (Lipinski definition) is 0. The Labute approximate surface area is 301 Å². The molecule has 4 heterocycles. The molecule has 0 N–H and O–H groups in total. The van der Waals surface area contributed by atoms with Crippen LogP contribution in [0.5, 0.6) is 0 Å². The predicted octanol–water partition coefficient (Wildman–Crippen LogP) is 11.5. The number of benzene rings is 6. The van der Waals surface area contributed by atoms with Crippen molar-refractivity contribution in [1.29, 1.82) is 0 Å². The van der Waals surface area contributed by atoms with Crippen LogP contribution in [0.15, 0.2) is 183 Å². The molecule has 0 aliphatic heterocycles. The van der Waals surface area contributed by atoms with Crippen molar-refractivity contribution in [1.82, 2.24) is 19.1 Å². The third-order valence-electron chi connectivity index (χ3n) is 10.4. The summed E-state index contributed by atoms with van der Waals surface area (Å²) in [6.07, 6.45) is 9.34. The molecule has 0 aliphatic carbocycles. The topological polar surface area (TPSA) is 35.6 Å². The molecular formula is C48H34N4. The van der Waals surface area contributed by atoms with E-state index in [2.05, 4.69) is 177 Å². The van der Waals surface area contributed by atoms with Crippen molar-refractivity contribution >= 4 is 43.6 Å². The number of hydrogen-bond acceptors (Lipinski definition) is 2. The van der Waals surface area contributed by atoms with Gasteiger partial charge >= 0.3 is 0 Å². The van der Waals surface area contributed by atoms with Gasteiger partial charge in [-0.1, -0.05) is 109 Å². The van der Waals surface area contributed by atoms with Gasteiger partial charge in [-0.15, -0.1) is 0 Å². The lowest BCUT2D eigenvalue weighted by atomic mass is 9.98. The molecule has 246 valence electrons. The van der Waals surface area contributed by atoms with Gasteiger partial charge in [0.15, 0.2) is 0 Å². The summed E-state index contributed by atoms with van der Waals surface area (Å²) < 4.78 is 4.66. The Morgan fingerprint density at radius 3 is 1.08 bits per heavy atom. The lowest BCUT2D eigenvalue weighted by molar-refractivity contribution is 1.14. The van der Waals surface area contributed by atoms with Gasteiger partial charge in [-0.05, 0) is 94.8 Å². The van der Waals surface area contributed by atoms with Gasteiger partial charge in [-0.2, -0.15) is 0 Å². The lowest BCUT2D eigenvalue weighted by Crippen LogP contribution is -1.95. The highest BCUT2D eigenvalue weighted by Crippen LogP contribution is 2.33. The van der Waals surface area contributed by atoms with E-state index in [1.165, 1.54) is 60.9 Å². The van der Waals surface area contributed by atoms with Gasteiger partial charge < -0.3 is 9.13 Å². The second-order valence-electron chi connectivity index (χ2n) is 13.6. The zero-order chi connectivity index (χ0) is 34.4. The average molecular weight is 667 g/mol. The Morgan fingerprint density at radius 1 is 0.327 bits per heavy atom. The minimum atomic E-state index is 0.885. The fourth-order valence-electron chi connectivity index (χ4n) is 7.82. The van der Waals surface area contributed by atoms with E-state index in [4.69, 9.17) is 0 Å². The second-order valence-corrected chi connectivity index (χ2v) is 13.6. The molecule has 0 bridgehead atoms.